The van der Waals surface area contributed by atoms with Crippen molar-refractivity contribution >= 4 is 27.5 Å². The van der Waals surface area contributed by atoms with E-state index < -0.39 is 22.0 Å². The number of hydrogen-bond acceptors (Lipinski definition) is 4. The maximum Gasteiger partial charge on any atom is 0.241 e. The van der Waals surface area contributed by atoms with E-state index in [0.717, 1.165) is 31.2 Å². The third kappa shape index (κ3) is 5.72. The topological polar surface area (TPSA) is 104 Å². The number of hydrogen-bond donors (Lipinski definition) is 3. The first-order chi connectivity index (χ1) is 15.1. The summed E-state index contributed by atoms with van der Waals surface area (Å²) in [6.07, 6.45) is 3.78. The van der Waals surface area contributed by atoms with Crippen LogP contribution in [0.2, 0.25) is 0 Å². The van der Waals surface area contributed by atoms with Crippen LogP contribution in [0, 0.1) is 5.82 Å². The molecular weight excluding hydrogens is 433 g/mol. The normalized spacial score (nSPS) is 16.3. The van der Waals surface area contributed by atoms with Crippen LogP contribution in [0.1, 0.15) is 45.1 Å². The second-order valence-electron chi connectivity index (χ2n) is 8.26. The van der Waals surface area contributed by atoms with E-state index in [-0.39, 0.29) is 22.0 Å². The summed E-state index contributed by atoms with van der Waals surface area (Å²) >= 11 is 0. The van der Waals surface area contributed by atoms with Gasteiger partial charge in [0.1, 0.15) is 5.82 Å². The fourth-order valence-electron chi connectivity index (χ4n) is 4.11. The summed E-state index contributed by atoms with van der Waals surface area (Å²) in [5.74, 6) is -0.999. The van der Waals surface area contributed by atoms with E-state index in [0.29, 0.717) is 12.2 Å². The molecular formula is C23H28FN3O4S. The minimum atomic E-state index is -3.92. The van der Waals surface area contributed by atoms with Crippen LogP contribution < -0.4 is 15.4 Å². The molecule has 3 N–H and O–H groups in total. The Bertz CT molecular complexity index is 1060. The molecule has 1 saturated carbocycles. The van der Waals surface area contributed by atoms with Crippen molar-refractivity contribution in [3.8, 4) is 0 Å². The lowest BCUT2D eigenvalue weighted by atomic mass is 9.78. The summed E-state index contributed by atoms with van der Waals surface area (Å²) in [4.78, 5) is 23.8. The lowest BCUT2D eigenvalue weighted by molar-refractivity contribution is -0.122. The lowest BCUT2D eigenvalue weighted by Gasteiger charge is -2.30. The van der Waals surface area contributed by atoms with E-state index in [1.54, 1.807) is 12.1 Å². The molecule has 0 heterocycles. The fourth-order valence-corrected chi connectivity index (χ4v) is 5.31. The number of anilines is 1. The Labute approximate surface area is 187 Å². The Hall–Kier alpha value is -2.78. The van der Waals surface area contributed by atoms with Gasteiger partial charge in [-0.3, -0.25) is 9.59 Å². The van der Waals surface area contributed by atoms with Crippen molar-refractivity contribution in [3.05, 3.63) is 59.9 Å². The van der Waals surface area contributed by atoms with E-state index in [9.17, 15) is 22.4 Å². The molecule has 1 aliphatic carbocycles. The third-order valence-corrected chi connectivity index (χ3v) is 7.39. The maximum absolute atomic E-state index is 13.3. The van der Waals surface area contributed by atoms with Crippen LogP contribution >= 0.6 is 0 Å². The van der Waals surface area contributed by atoms with Crippen molar-refractivity contribution in [2.45, 2.75) is 55.9 Å². The van der Waals surface area contributed by atoms with Crippen LogP contribution in [0.5, 0.6) is 0 Å². The third-order valence-electron chi connectivity index (χ3n) is 5.83. The standard InChI is InChI=1S/C23H28FN3O4S/c1-16(27-32(30,31)21-11-9-20(10-12-21)26-17(2)28)22(29)25-15-23(13-3-4-14-23)18-5-7-19(24)8-6-18/h5-12,16,27H,3-4,13-15H2,1-2H3,(H,25,29)(H,26,28)/t16-/m0/s1. The van der Waals surface area contributed by atoms with Crippen molar-refractivity contribution in [3.63, 3.8) is 0 Å². The van der Waals surface area contributed by atoms with Gasteiger partial charge in [-0.05, 0) is 61.7 Å². The van der Waals surface area contributed by atoms with Gasteiger partial charge in [-0.2, -0.15) is 4.72 Å². The zero-order valence-corrected chi connectivity index (χ0v) is 19.0. The van der Waals surface area contributed by atoms with E-state index in [1.165, 1.54) is 50.2 Å². The van der Waals surface area contributed by atoms with Gasteiger partial charge in [0.25, 0.3) is 0 Å². The number of benzene rings is 2. The molecule has 2 aromatic carbocycles. The summed E-state index contributed by atoms with van der Waals surface area (Å²) in [5, 5.41) is 5.44. The van der Waals surface area contributed by atoms with Gasteiger partial charge in [0.2, 0.25) is 21.8 Å². The number of carbonyl (C=O) groups is 2. The molecule has 1 aliphatic rings. The summed E-state index contributed by atoms with van der Waals surface area (Å²) < 4.78 is 41.0. The van der Waals surface area contributed by atoms with Crippen molar-refractivity contribution in [1.82, 2.24) is 10.0 Å². The molecule has 0 spiro atoms. The van der Waals surface area contributed by atoms with Crippen molar-refractivity contribution in [2.24, 2.45) is 0 Å². The lowest BCUT2D eigenvalue weighted by Crippen LogP contribution is -2.48. The number of rotatable bonds is 8. The Morgan fingerprint density at radius 2 is 1.62 bits per heavy atom. The molecule has 7 nitrogen and oxygen atoms in total. The molecule has 3 rings (SSSR count). The van der Waals surface area contributed by atoms with Crippen LogP contribution in [0.3, 0.4) is 0 Å². The average molecular weight is 462 g/mol. The Morgan fingerprint density at radius 3 is 2.19 bits per heavy atom. The Balaban J connectivity index is 1.63. The Morgan fingerprint density at radius 1 is 1.03 bits per heavy atom. The van der Waals surface area contributed by atoms with Gasteiger partial charge in [-0.15, -0.1) is 0 Å². The average Bonchev–Trinajstić information content (AvgIpc) is 3.22. The number of amides is 2. The molecule has 1 atom stereocenters. The maximum atomic E-state index is 13.3. The van der Waals surface area contributed by atoms with Crippen molar-refractivity contribution in [2.75, 3.05) is 11.9 Å². The largest absolute Gasteiger partial charge is 0.354 e. The van der Waals surface area contributed by atoms with Crippen molar-refractivity contribution in [1.29, 1.82) is 0 Å². The number of carbonyl (C=O) groups excluding carboxylic acids is 2. The summed E-state index contributed by atoms with van der Waals surface area (Å²) in [5.41, 5.74) is 1.18. The monoisotopic (exact) mass is 461 g/mol. The van der Waals surface area contributed by atoms with Gasteiger partial charge in [-0.25, -0.2) is 12.8 Å². The quantitative estimate of drug-likeness (QED) is 0.562. The van der Waals surface area contributed by atoms with E-state index in [4.69, 9.17) is 0 Å². The van der Waals surface area contributed by atoms with Gasteiger partial charge in [0.15, 0.2) is 0 Å². The molecule has 32 heavy (non-hydrogen) atoms. The zero-order valence-electron chi connectivity index (χ0n) is 18.2. The SMILES string of the molecule is CC(=O)Nc1ccc(S(=O)(=O)N[C@@H](C)C(=O)NCC2(c3ccc(F)cc3)CCCC2)cc1. The first-order valence-electron chi connectivity index (χ1n) is 10.6. The van der Waals surface area contributed by atoms with E-state index in [1.807, 2.05) is 0 Å². The predicted molar refractivity (Wildman–Crippen MR) is 120 cm³/mol. The van der Waals surface area contributed by atoms with Crippen LogP contribution in [-0.2, 0) is 25.0 Å². The van der Waals surface area contributed by atoms with Gasteiger partial charge in [0.05, 0.1) is 10.9 Å². The highest BCUT2D eigenvalue weighted by Crippen LogP contribution is 2.40. The first kappa shape index (κ1) is 23.9. The minimum Gasteiger partial charge on any atom is -0.354 e. The van der Waals surface area contributed by atoms with Gasteiger partial charge < -0.3 is 10.6 Å². The van der Waals surface area contributed by atoms with Crippen LogP contribution in [0.15, 0.2) is 53.4 Å². The molecule has 0 saturated heterocycles. The summed E-state index contributed by atoms with van der Waals surface area (Å²) in [6, 6.07) is 11.0. The number of halogens is 1. The predicted octanol–water partition coefficient (Wildman–Crippen LogP) is 3.08. The molecule has 1 fully saturated rings. The zero-order chi connectivity index (χ0) is 23.4. The highest BCUT2D eigenvalue weighted by molar-refractivity contribution is 7.89. The second kappa shape index (κ2) is 9.79. The fraction of sp³-hybridized carbons (Fsp3) is 0.391. The van der Waals surface area contributed by atoms with Crippen molar-refractivity contribution < 1.29 is 22.4 Å². The number of sulfonamides is 1. The first-order valence-corrected chi connectivity index (χ1v) is 12.0. The molecule has 0 unspecified atom stereocenters. The summed E-state index contributed by atoms with van der Waals surface area (Å²) in [7, 11) is -3.92. The Kier molecular flexibility index (Phi) is 7.30. The molecule has 2 aromatic rings. The molecule has 0 bridgehead atoms. The van der Waals surface area contributed by atoms with Gasteiger partial charge >= 0.3 is 0 Å². The minimum absolute atomic E-state index is 0.00942. The van der Waals surface area contributed by atoms with Crippen LogP contribution in [0.4, 0.5) is 10.1 Å². The summed E-state index contributed by atoms with van der Waals surface area (Å²) in [6.45, 7) is 3.20. The second-order valence-corrected chi connectivity index (χ2v) is 9.97. The van der Waals surface area contributed by atoms with E-state index >= 15 is 0 Å². The van der Waals surface area contributed by atoms with Gasteiger partial charge in [0, 0.05) is 24.6 Å². The molecule has 2 amide bonds. The van der Waals surface area contributed by atoms with E-state index in [2.05, 4.69) is 15.4 Å². The van der Waals surface area contributed by atoms with Crippen LogP contribution in [-0.4, -0.2) is 32.8 Å². The molecule has 0 aromatic heterocycles. The molecule has 0 radical (unpaired) electrons. The molecule has 9 heteroatoms. The highest BCUT2D eigenvalue weighted by Gasteiger charge is 2.36. The number of nitrogens with one attached hydrogen (secondary N) is 3. The van der Waals surface area contributed by atoms with Crippen LogP contribution in [0.25, 0.3) is 0 Å². The van der Waals surface area contributed by atoms with Gasteiger partial charge in [-0.1, -0.05) is 25.0 Å². The molecule has 172 valence electrons. The highest BCUT2D eigenvalue weighted by atomic mass is 32.2. The molecule has 0 aliphatic heterocycles. The smallest absolute Gasteiger partial charge is 0.241 e.